The van der Waals surface area contributed by atoms with Crippen molar-refractivity contribution in [3.05, 3.63) is 23.8 Å². The molecule has 24 heavy (non-hydrogen) atoms. The van der Waals surface area contributed by atoms with Crippen LogP contribution in [0.15, 0.2) is 18.2 Å². The number of ether oxygens (including phenoxy) is 1. The van der Waals surface area contributed by atoms with Gasteiger partial charge in [-0.1, -0.05) is 20.8 Å². The quantitative estimate of drug-likeness (QED) is 0.674. The molecule has 0 spiro atoms. The van der Waals surface area contributed by atoms with E-state index in [1.54, 1.807) is 4.90 Å². The van der Waals surface area contributed by atoms with Crippen molar-refractivity contribution in [1.82, 2.24) is 0 Å². The lowest BCUT2D eigenvalue weighted by atomic mass is 10.1. The number of hydrogen-bond donors (Lipinski definition) is 0. The molecule has 0 radical (unpaired) electrons. The molecular formula is C19H31NO3Si. The van der Waals surface area contributed by atoms with Gasteiger partial charge in [0, 0.05) is 6.54 Å². The summed E-state index contributed by atoms with van der Waals surface area (Å²) >= 11 is 0. The number of benzene rings is 1. The van der Waals surface area contributed by atoms with Crippen LogP contribution in [0.2, 0.25) is 18.1 Å². The molecule has 5 heteroatoms. The Bertz CT molecular complexity index is 626. The van der Waals surface area contributed by atoms with E-state index in [0.29, 0.717) is 6.54 Å². The van der Waals surface area contributed by atoms with Crippen molar-refractivity contribution in [3.63, 3.8) is 0 Å². The zero-order valence-corrected chi connectivity index (χ0v) is 17.3. The van der Waals surface area contributed by atoms with E-state index in [2.05, 4.69) is 39.9 Å². The number of amides is 1. The van der Waals surface area contributed by atoms with Gasteiger partial charge >= 0.3 is 6.09 Å². The Kier molecular flexibility index (Phi) is 4.79. The number of hydrogen-bond acceptors (Lipinski definition) is 3. The van der Waals surface area contributed by atoms with Crippen molar-refractivity contribution in [1.29, 1.82) is 0 Å². The molecule has 0 unspecified atom stereocenters. The highest BCUT2D eigenvalue weighted by atomic mass is 28.4. The van der Waals surface area contributed by atoms with Gasteiger partial charge in [-0.25, -0.2) is 4.79 Å². The third-order valence-corrected chi connectivity index (χ3v) is 9.10. The van der Waals surface area contributed by atoms with Gasteiger partial charge in [-0.05, 0) is 69.1 Å². The van der Waals surface area contributed by atoms with E-state index in [1.165, 1.54) is 0 Å². The third-order valence-electron chi connectivity index (χ3n) is 4.74. The van der Waals surface area contributed by atoms with Crippen LogP contribution in [-0.2, 0) is 11.2 Å². The Morgan fingerprint density at radius 1 is 1.12 bits per heavy atom. The van der Waals surface area contributed by atoms with E-state index >= 15 is 0 Å². The van der Waals surface area contributed by atoms with Gasteiger partial charge in [0.25, 0.3) is 0 Å². The first-order valence-electron chi connectivity index (χ1n) is 8.63. The molecule has 0 fully saturated rings. The molecule has 1 aromatic rings. The Morgan fingerprint density at radius 3 is 2.29 bits per heavy atom. The molecule has 1 aromatic carbocycles. The highest BCUT2D eigenvalue weighted by Gasteiger charge is 2.39. The number of fused-ring (bicyclic) bond motifs is 1. The molecule has 0 saturated heterocycles. The average molecular weight is 350 g/mol. The van der Waals surface area contributed by atoms with E-state index in [0.717, 1.165) is 23.4 Å². The van der Waals surface area contributed by atoms with Gasteiger partial charge in [-0.2, -0.15) is 0 Å². The minimum atomic E-state index is -1.85. The van der Waals surface area contributed by atoms with Crippen molar-refractivity contribution in [2.24, 2.45) is 0 Å². The first kappa shape index (κ1) is 18.8. The van der Waals surface area contributed by atoms with Crippen LogP contribution in [0.25, 0.3) is 0 Å². The summed E-state index contributed by atoms with van der Waals surface area (Å²) in [5.41, 5.74) is 1.61. The van der Waals surface area contributed by atoms with E-state index in [1.807, 2.05) is 32.9 Å². The predicted octanol–water partition coefficient (Wildman–Crippen LogP) is 5.37. The van der Waals surface area contributed by atoms with Crippen molar-refractivity contribution < 1.29 is 14.0 Å². The van der Waals surface area contributed by atoms with Gasteiger partial charge in [-0.3, -0.25) is 4.90 Å². The predicted molar refractivity (Wildman–Crippen MR) is 102 cm³/mol. The second-order valence-corrected chi connectivity index (χ2v) is 13.8. The molecule has 0 aliphatic carbocycles. The molecule has 2 rings (SSSR count). The molecule has 0 atom stereocenters. The highest BCUT2D eigenvalue weighted by molar-refractivity contribution is 6.74. The molecule has 1 heterocycles. The van der Waals surface area contributed by atoms with E-state index in [-0.39, 0.29) is 11.1 Å². The molecule has 4 nitrogen and oxygen atoms in total. The van der Waals surface area contributed by atoms with Crippen LogP contribution in [0.5, 0.6) is 5.75 Å². The van der Waals surface area contributed by atoms with Gasteiger partial charge in [-0.15, -0.1) is 0 Å². The summed E-state index contributed by atoms with van der Waals surface area (Å²) in [6, 6.07) is 6.04. The van der Waals surface area contributed by atoms with Gasteiger partial charge in [0.2, 0.25) is 8.32 Å². The summed E-state index contributed by atoms with van der Waals surface area (Å²) in [6.07, 6.45) is 0.558. The van der Waals surface area contributed by atoms with Gasteiger partial charge in [0.15, 0.2) is 0 Å². The monoisotopic (exact) mass is 349 g/mol. The Hall–Kier alpha value is -1.49. The fourth-order valence-electron chi connectivity index (χ4n) is 2.40. The maximum absolute atomic E-state index is 12.3. The summed E-state index contributed by atoms with van der Waals surface area (Å²) in [6.45, 7) is 17.5. The molecule has 0 aromatic heterocycles. The Balaban J connectivity index is 2.18. The number of rotatable bonds is 2. The van der Waals surface area contributed by atoms with Crippen LogP contribution in [0.1, 0.15) is 47.1 Å². The fourth-order valence-corrected chi connectivity index (χ4v) is 3.42. The SMILES string of the molecule is CC(C)(C)OC(=O)N1CCc2cc(O[Si](C)(C)C(C)(C)C)ccc21. The summed E-state index contributed by atoms with van der Waals surface area (Å²) in [5.74, 6) is 0.909. The zero-order valence-electron chi connectivity index (χ0n) is 16.3. The van der Waals surface area contributed by atoms with Crippen molar-refractivity contribution in [2.45, 2.75) is 71.7 Å². The van der Waals surface area contributed by atoms with Crippen LogP contribution in [0, 0.1) is 0 Å². The minimum Gasteiger partial charge on any atom is -0.543 e. The minimum absolute atomic E-state index is 0.161. The summed E-state index contributed by atoms with van der Waals surface area (Å²) in [4.78, 5) is 14.1. The number of anilines is 1. The molecular weight excluding hydrogens is 318 g/mol. The lowest BCUT2D eigenvalue weighted by Gasteiger charge is -2.36. The third kappa shape index (κ3) is 4.12. The lowest BCUT2D eigenvalue weighted by molar-refractivity contribution is 0.0584. The van der Waals surface area contributed by atoms with Crippen molar-refractivity contribution >= 4 is 20.1 Å². The zero-order chi connectivity index (χ0) is 18.3. The van der Waals surface area contributed by atoms with Crippen LogP contribution in [0.3, 0.4) is 0 Å². The van der Waals surface area contributed by atoms with Crippen LogP contribution in [0.4, 0.5) is 10.5 Å². The summed E-state index contributed by atoms with van der Waals surface area (Å²) < 4.78 is 11.9. The van der Waals surface area contributed by atoms with Crippen molar-refractivity contribution in [3.8, 4) is 5.75 Å². The molecule has 1 aliphatic heterocycles. The number of carbonyl (C=O) groups is 1. The lowest BCUT2D eigenvalue weighted by Crippen LogP contribution is -2.43. The molecule has 1 amide bonds. The fraction of sp³-hybridized carbons (Fsp3) is 0.632. The highest BCUT2D eigenvalue weighted by Crippen LogP contribution is 2.39. The topological polar surface area (TPSA) is 38.8 Å². The average Bonchev–Trinajstić information content (AvgIpc) is 2.77. The molecule has 134 valence electrons. The van der Waals surface area contributed by atoms with Crippen molar-refractivity contribution in [2.75, 3.05) is 11.4 Å². The first-order valence-corrected chi connectivity index (χ1v) is 11.5. The molecule has 0 bridgehead atoms. The maximum Gasteiger partial charge on any atom is 0.414 e. The molecule has 0 saturated carbocycles. The molecule has 0 N–H and O–H groups in total. The normalized spacial score (nSPS) is 15.2. The summed E-state index contributed by atoms with van der Waals surface area (Å²) in [5, 5.41) is 0.161. The standard InChI is InChI=1S/C19H31NO3Si/c1-18(2,3)22-17(21)20-12-11-14-13-15(9-10-16(14)20)23-24(7,8)19(4,5)6/h9-10,13H,11-12H2,1-8H3. The van der Waals surface area contributed by atoms with Gasteiger partial charge in [0.1, 0.15) is 11.4 Å². The smallest absolute Gasteiger partial charge is 0.414 e. The van der Waals surface area contributed by atoms with Crippen LogP contribution < -0.4 is 9.33 Å². The second-order valence-electron chi connectivity index (χ2n) is 9.03. The first-order chi connectivity index (χ1) is 10.8. The Labute approximate surface area is 147 Å². The van der Waals surface area contributed by atoms with E-state index < -0.39 is 13.9 Å². The maximum atomic E-state index is 12.3. The second kappa shape index (κ2) is 6.10. The largest absolute Gasteiger partial charge is 0.543 e. The van der Waals surface area contributed by atoms with E-state index in [4.69, 9.17) is 9.16 Å². The number of nitrogens with zero attached hydrogens (tertiary/aromatic N) is 1. The summed E-state index contributed by atoms with van der Waals surface area (Å²) in [7, 11) is -1.85. The van der Waals surface area contributed by atoms with Gasteiger partial charge in [0.05, 0.1) is 5.69 Å². The van der Waals surface area contributed by atoms with Gasteiger partial charge < -0.3 is 9.16 Å². The number of carbonyl (C=O) groups excluding carboxylic acids is 1. The van der Waals surface area contributed by atoms with Crippen LogP contribution in [-0.4, -0.2) is 26.6 Å². The Morgan fingerprint density at radius 2 is 1.75 bits per heavy atom. The van der Waals surface area contributed by atoms with Crippen LogP contribution >= 0.6 is 0 Å². The molecule has 1 aliphatic rings. The van der Waals surface area contributed by atoms with E-state index in [9.17, 15) is 4.79 Å².